The van der Waals surface area contributed by atoms with Crippen molar-refractivity contribution in [1.82, 2.24) is 10.6 Å². The Bertz CT molecular complexity index is 560. The van der Waals surface area contributed by atoms with Crippen molar-refractivity contribution in [3.63, 3.8) is 0 Å². The number of aliphatic hydroxyl groups is 1. The number of hydrogen-bond donors (Lipinski definition) is 4. The lowest BCUT2D eigenvalue weighted by atomic mass is 10.1. The molecule has 1 aliphatic heterocycles. The van der Waals surface area contributed by atoms with E-state index in [0.29, 0.717) is 31.8 Å². The molecular formula is C17H25N3O3. The minimum absolute atomic E-state index is 0.00895. The van der Waals surface area contributed by atoms with Crippen LogP contribution in [-0.4, -0.2) is 35.6 Å². The predicted molar refractivity (Wildman–Crippen MR) is 88.8 cm³/mol. The van der Waals surface area contributed by atoms with Crippen LogP contribution in [0.1, 0.15) is 32.3 Å². The predicted octanol–water partition coefficient (Wildman–Crippen LogP) is 1.01. The maximum absolute atomic E-state index is 12.0. The Morgan fingerprint density at radius 3 is 2.83 bits per heavy atom. The summed E-state index contributed by atoms with van der Waals surface area (Å²) in [5.74, 6) is 0.188. The van der Waals surface area contributed by atoms with E-state index in [9.17, 15) is 14.7 Å². The Hall–Kier alpha value is -1.92. The van der Waals surface area contributed by atoms with Gasteiger partial charge in [0.15, 0.2) is 0 Å². The molecule has 1 aromatic rings. The molecule has 0 aliphatic carbocycles. The lowest BCUT2D eigenvalue weighted by Crippen LogP contribution is -2.40. The highest BCUT2D eigenvalue weighted by atomic mass is 16.3. The first kappa shape index (κ1) is 17.4. The Kier molecular flexibility index (Phi) is 6.12. The summed E-state index contributed by atoms with van der Waals surface area (Å²) in [6, 6.07) is 7.10. The first-order valence-electron chi connectivity index (χ1n) is 8.02. The van der Waals surface area contributed by atoms with Crippen molar-refractivity contribution in [1.29, 1.82) is 0 Å². The topological polar surface area (TPSA) is 90.5 Å². The number of aliphatic hydroxyl groups excluding tert-OH is 1. The average molecular weight is 319 g/mol. The molecule has 6 heteroatoms. The molecule has 0 saturated carbocycles. The van der Waals surface area contributed by atoms with E-state index in [2.05, 4.69) is 16.0 Å². The number of nitrogens with one attached hydrogen (secondary N) is 3. The van der Waals surface area contributed by atoms with Gasteiger partial charge in [0.1, 0.15) is 0 Å². The Balaban J connectivity index is 1.85. The number of carbonyl (C=O) groups excluding carboxylic acids is 2. The minimum Gasteiger partial charge on any atom is -0.392 e. The molecule has 1 heterocycles. The van der Waals surface area contributed by atoms with Crippen LogP contribution in [0.4, 0.5) is 5.69 Å². The van der Waals surface area contributed by atoms with E-state index in [1.54, 1.807) is 0 Å². The second-order valence-corrected chi connectivity index (χ2v) is 6.41. The number of rotatable bonds is 6. The van der Waals surface area contributed by atoms with E-state index < -0.39 is 6.10 Å². The molecule has 1 aliphatic rings. The van der Waals surface area contributed by atoms with Crippen molar-refractivity contribution >= 4 is 17.5 Å². The highest BCUT2D eigenvalue weighted by molar-refractivity contribution is 5.90. The summed E-state index contributed by atoms with van der Waals surface area (Å²) in [6.45, 7) is 4.84. The van der Waals surface area contributed by atoms with Crippen LogP contribution < -0.4 is 16.0 Å². The molecule has 6 nitrogen and oxygen atoms in total. The molecule has 2 unspecified atom stereocenters. The zero-order valence-corrected chi connectivity index (χ0v) is 13.6. The molecule has 1 aromatic carbocycles. The van der Waals surface area contributed by atoms with Gasteiger partial charge in [-0.1, -0.05) is 26.0 Å². The molecule has 2 rings (SSSR count). The molecule has 23 heavy (non-hydrogen) atoms. The van der Waals surface area contributed by atoms with Gasteiger partial charge in [-0.25, -0.2) is 0 Å². The molecule has 4 N–H and O–H groups in total. The van der Waals surface area contributed by atoms with Crippen LogP contribution in [0, 0.1) is 5.92 Å². The van der Waals surface area contributed by atoms with E-state index in [1.807, 2.05) is 38.1 Å². The molecular weight excluding hydrogens is 294 g/mol. The third kappa shape index (κ3) is 5.65. The first-order chi connectivity index (χ1) is 10.9. The average Bonchev–Trinajstić information content (AvgIpc) is 2.91. The van der Waals surface area contributed by atoms with Crippen molar-refractivity contribution < 1.29 is 14.7 Å². The van der Waals surface area contributed by atoms with Gasteiger partial charge in [-0.15, -0.1) is 0 Å². The zero-order valence-electron chi connectivity index (χ0n) is 13.6. The number of benzene rings is 1. The molecule has 126 valence electrons. The van der Waals surface area contributed by atoms with E-state index in [4.69, 9.17) is 0 Å². The molecule has 0 spiro atoms. The van der Waals surface area contributed by atoms with Gasteiger partial charge in [-0.05, 0) is 30.0 Å². The summed E-state index contributed by atoms with van der Waals surface area (Å²) in [6.07, 6.45) is 0.471. The SMILES string of the molecule is CC(C)CC(=O)Nc1cccc(CNC(=O)C2CC(O)CN2)c1. The minimum atomic E-state index is -0.453. The van der Waals surface area contributed by atoms with Crippen LogP contribution in [0.5, 0.6) is 0 Å². The fourth-order valence-corrected chi connectivity index (χ4v) is 2.57. The number of carbonyl (C=O) groups is 2. The van der Waals surface area contributed by atoms with Crippen molar-refractivity contribution in [3.05, 3.63) is 29.8 Å². The van der Waals surface area contributed by atoms with E-state index in [-0.39, 0.29) is 17.9 Å². The van der Waals surface area contributed by atoms with Crippen LogP contribution >= 0.6 is 0 Å². The summed E-state index contributed by atoms with van der Waals surface area (Å²) in [4.78, 5) is 23.8. The molecule has 1 saturated heterocycles. The Labute approximate surface area is 136 Å². The van der Waals surface area contributed by atoms with E-state index >= 15 is 0 Å². The Morgan fingerprint density at radius 1 is 1.39 bits per heavy atom. The molecule has 1 fully saturated rings. The Morgan fingerprint density at radius 2 is 2.17 bits per heavy atom. The molecule has 0 aromatic heterocycles. The van der Waals surface area contributed by atoms with Gasteiger partial charge in [0, 0.05) is 25.2 Å². The quantitative estimate of drug-likeness (QED) is 0.630. The number of anilines is 1. The normalized spacial score (nSPS) is 20.5. The highest BCUT2D eigenvalue weighted by Crippen LogP contribution is 2.13. The van der Waals surface area contributed by atoms with Gasteiger partial charge in [0.2, 0.25) is 11.8 Å². The van der Waals surface area contributed by atoms with Gasteiger partial charge in [0.25, 0.3) is 0 Å². The maximum Gasteiger partial charge on any atom is 0.237 e. The summed E-state index contributed by atoms with van der Waals surface area (Å²) in [5.41, 5.74) is 1.65. The summed E-state index contributed by atoms with van der Waals surface area (Å²) in [7, 11) is 0. The van der Waals surface area contributed by atoms with Crippen molar-refractivity contribution in [2.45, 2.75) is 45.4 Å². The van der Waals surface area contributed by atoms with Crippen molar-refractivity contribution in [3.8, 4) is 0 Å². The smallest absolute Gasteiger partial charge is 0.237 e. The monoisotopic (exact) mass is 319 g/mol. The molecule has 2 amide bonds. The van der Waals surface area contributed by atoms with E-state index in [0.717, 1.165) is 11.3 Å². The maximum atomic E-state index is 12.0. The first-order valence-corrected chi connectivity index (χ1v) is 8.02. The van der Waals surface area contributed by atoms with Gasteiger partial charge < -0.3 is 21.1 Å². The van der Waals surface area contributed by atoms with Gasteiger partial charge in [-0.3, -0.25) is 9.59 Å². The van der Waals surface area contributed by atoms with E-state index in [1.165, 1.54) is 0 Å². The fraction of sp³-hybridized carbons (Fsp3) is 0.529. The summed E-state index contributed by atoms with van der Waals surface area (Å²) < 4.78 is 0. The van der Waals surface area contributed by atoms with Crippen LogP contribution in [0.25, 0.3) is 0 Å². The van der Waals surface area contributed by atoms with Crippen LogP contribution in [0.3, 0.4) is 0 Å². The lowest BCUT2D eigenvalue weighted by molar-refractivity contribution is -0.123. The third-order valence-electron chi connectivity index (χ3n) is 3.70. The second-order valence-electron chi connectivity index (χ2n) is 6.41. The third-order valence-corrected chi connectivity index (χ3v) is 3.70. The molecule has 0 radical (unpaired) electrons. The number of hydrogen-bond acceptors (Lipinski definition) is 4. The fourth-order valence-electron chi connectivity index (χ4n) is 2.57. The van der Waals surface area contributed by atoms with Crippen molar-refractivity contribution in [2.75, 3.05) is 11.9 Å². The van der Waals surface area contributed by atoms with Crippen LogP contribution in [-0.2, 0) is 16.1 Å². The largest absolute Gasteiger partial charge is 0.392 e. The number of β-amino-alcohol motifs (C(OH)–C–C–N with tert-alkyl or cyclic N) is 1. The second kappa shape index (κ2) is 8.08. The molecule has 0 bridgehead atoms. The van der Waals surface area contributed by atoms with Crippen LogP contribution in [0.15, 0.2) is 24.3 Å². The zero-order chi connectivity index (χ0) is 16.8. The lowest BCUT2D eigenvalue weighted by Gasteiger charge is -2.12. The van der Waals surface area contributed by atoms with Crippen LogP contribution in [0.2, 0.25) is 0 Å². The highest BCUT2D eigenvalue weighted by Gasteiger charge is 2.27. The number of amides is 2. The van der Waals surface area contributed by atoms with Crippen molar-refractivity contribution in [2.24, 2.45) is 5.92 Å². The molecule has 2 atom stereocenters. The summed E-state index contributed by atoms with van der Waals surface area (Å²) >= 11 is 0. The summed E-state index contributed by atoms with van der Waals surface area (Å²) in [5, 5.41) is 18.1. The van der Waals surface area contributed by atoms with Gasteiger partial charge >= 0.3 is 0 Å². The van der Waals surface area contributed by atoms with Gasteiger partial charge in [0.05, 0.1) is 12.1 Å². The standard InChI is InChI=1S/C17H25N3O3/c1-11(2)6-16(22)20-13-5-3-4-12(7-13)9-19-17(23)15-8-14(21)10-18-15/h3-5,7,11,14-15,18,21H,6,8-10H2,1-2H3,(H,19,23)(H,20,22). The van der Waals surface area contributed by atoms with Gasteiger partial charge in [-0.2, -0.15) is 0 Å².